The highest BCUT2D eigenvalue weighted by Gasteiger charge is 2.41. The van der Waals surface area contributed by atoms with E-state index >= 15 is 0 Å². The second kappa shape index (κ2) is 3.97. The first-order valence-corrected chi connectivity index (χ1v) is 9.20. The number of hydrogen-bond acceptors (Lipinski definition) is 2. The third-order valence-electron chi connectivity index (χ3n) is 4.15. The van der Waals surface area contributed by atoms with Crippen LogP contribution in [-0.2, 0) is 9.16 Å². The third-order valence-corrected chi connectivity index (χ3v) is 8.68. The summed E-state index contributed by atoms with van der Waals surface area (Å²) in [4.78, 5) is 0. The molecule has 0 N–H and O–H groups in total. The zero-order chi connectivity index (χ0) is 12.0. The number of hydrogen-bond donors (Lipinski definition) is 0. The van der Waals surface area contributed by atoms with Crippen molar-refractivity contribution in [1.82, 2.24) is 0 Å². The Labute approximate surface area is 100 Å². The van der Waals surface area contributed by atoms with Gasteiger partial charge < -0.3 is 9.16 Å². The van der Waals surface area contributed by atoms with Crippen LogP contribution in [-0.4, -0.2) is 26.6 Å². The lowest BCUT2D eigenvalue weighted by atomic mass is 10.1. The normalized spacial score (nSPS) is 34.4. The highest BCUT2D eigenvalue weighted by Crippen LogP contribution is 2.40. The van der Waals surface area contributed by atoms with Gasteiger partial charge in [-0.1, -0.05) is 32.9 Å². The Bertz CT molecular complexity index is 277. The zero-order valence-electron chi connectivity index (χ0n) is 11.1. The molecule has 2 rings (SSSR count). The fourth-order valence-electron chi connectivity index (χ4n) is 2.14. The first kappa shape index (κ1) is 12.3. The summed E-state index contributed by atoms with van der Waals surface area (Å²) in [5.74, 6) is 0. The predicted octanol–water partition coefficient (Wildman–Crippen LogP) is 3.49. The molecule has 0 aromatic carbocycles. The molecule has 0 radical (unpaired) electrons. The minimum Gasteiger partial charge on any atom is -0.414 e. The Hall–Kier alpha value is -0.123. The van der Waals surface area contributed by atoms with Gasteiger partial charge in [0.15, 0.2) is 8.32 Å². The van der Waals surface area contributed by atoms with Crippen LogP contribution in [0.25, 0.3) is 0 Å². The molecule has 2 aliphatic heterocycles. The topological polar surface area (TPSA) is 18.5 Å². The summed E-state index contributed by atoms with van der Waals surface area (Å²) in [6, 6.07) is 0. The van der Waals surface area contributed by atoms with E-state index in [0.29, 0.717) is 23.4 Å². The average molecular weight is 240 g/mol. The van der Waals surface area contributed by atoms with Crippen LogP contribution >= 0.6 is 0 Å². The molecule has 3 heteroatoms. The summed E-state index contributed by atoms with van der Waals surface area (Å²) < 4.78 is 12.2. The largest absolute Gasteiger partial charge is 0.414 e. The molecule has 2 nitrogen and oxygen atoms in total. The summed E-state index contributed by atoms with van der Waals surface area (Å²) in [7, 11) is -1.61. The molecule has 92 valence electrons. The Morgan fingerprint density at radius 3 is 2.06 bits per heavy atom. The van der Waals surface area contributed by atoms with Gasteiger partial charge in [0.1, 0.15) is 0 Å². The van der Waals surface area contributed by atoms with Gasteiger partial charge >= 0.3 is 0 Å². The van der Waals surface area contributed by atoms with Crippen LogP contribution in [0.5, 0.6) is 0 Å². The van der Waals surface area contributed by atoms with Crippen LogP contribution in [0.4, 0.5) is 0 Å². The molecule has 0 aromatic heterocycles. The lowest BCUT2D eigenvalue weighted by Crippen LogP contribution is -2.46. The van der Waals surface area contributed by atoms with Crippen molar-refractivity contribution in [2.75, 3.05) is 0 Å². The first-order chi connectivity index (χ1) is 7.28. The van der Waals surface area contributed by atoms with Gasteiger partial charge in [0.25, 0.3) is 0 Å². The van der Waals surface area contributed by atoms with E-state index in [9.17, 15) is 0 Å². The monoisotopic (exact) mass is 240 g/mol. The van der Waals surface area contributed by atoms with Crippen LogP contribution in [0.1, 0.15) is 33.6 Å². The Kier molecular flexibility index (Phi) is 3.06. The molecular weight excluding hydrogens is 216 g/mol. The van der Waals surface area contributed by atoms with Crippen molar-refractivity contribution in [3.63, 3.8) is 0 Å². The van der Waals surface area contributed by atoms with Gasteiger partial charge in [-0.2, -0.15) is 0 Å². The average Bonchev–Trinajstić information content (AvgIpc) is 2.43. The summed E-state index contributed by atoms with van der Waals surface area (Å²) in [5, 5.41) is 0.303. The maximum absolute atomic E-state index is 6.44. The van der Waals surface area contributed by atoms with Crippen molar-refractivity contribution in [2.45, 2.75) is 70.1 Å². The third kappa shape index (κ3) is 2.41. The van der Waals surface area contributed by atoms with E-state index in [1.165, 1.54) is 0 Å². The van der Waals surface area contributed by atoms with Gasteiger partial charge in [-0.3, -0.25) is 0 Å². The molecule has 2 atom stereocenters. The van der Waals surface area contributed by atoms with Crippen molar-refractivity contribution in [3.8, 4) is 0 Å². The van der Waals surface area contributed by atoms with E-state index in [4.69, 9.17) is 9.16 Å². The molecule has 16 heavy (non-hydrogen) atoms. The zero-order valence-corrected chi connectivity index (χ0v) is 12.1. The molecule has 0 aromatic rings. The van der Waals surface area contributed by atoms with Crippen LogP contribution < -0.4 is 0 Å². The smallest absolute Gasteiger partial charge is 0.192 e. The van der Waals surface area contributed by atoms with Gasteiger partial charge in [0.2, 0.25) is 0 Å². The summed E-state index contributed by atoms with van der Waals surface area (Å²) in [5.41, 5.74) is 0. The SMILES string of the molecule is CC(C)(C)[Si](C)(C)OC1CC2C=CC(C1)O2. The highest BCUT2D eigenvalue weighted by molar-refractivity contribution is 6.74. The molecule has 1 saturated heterocycles. The minimum absolute atomic E-state index is 0.303. The van der Waals surface area contributed by atoms with Crippen LogP contribution in [0.15, 0.2) is 12.2 Å². The van der Waals surface area contributed by atoms with Gasteiger partial charge in [0, 0.05) is 12.8 Å². The molecule has 0 saturated carbocycles. The van der Waals surface area contributed by atoms with E-state index in [2.05, 4.69) is 46.0 Å². The Morgan fingerprint density at radius 1 is 1.12 bits per heavy atom. The maximum atomic E-state index is 6.44. The summed E-state index contributed by atoms with van der Waals surface area (Å²) in [6.45, 7) is 11.6. The number of fused-ring (bicyclic) bond motifs is 2. The van der Waals surface area contributed by atoms with Crippen molar-refractivity contribution in [3.05, 3.63) is 12.2 Å². The fraction of sp³-hybridized carbons (Fsp3) is 0.846. The van der Waals surface area contributed by atoms with Crippen molar-refractivity contribution >= 4 is 8.32 Å². The maximum Gasteiger partial charge on any atom is 0.192 e. The van der Waals surface area contributed by atoms with Gasteiger partial charge in [-0.15, -0.1) is 0 Å². The number of ether oxygens (including phenoxy) is 1. The van der Waals surface area contributed by atoms with E-state index in [0.717, 1.165) is 12.8 Å². The molecular formula is C13H24O2Si. The Balaban J connectivity index is 1.96. The van der Waals surface area contributed by atoms with Crippen LogP contribution in [0, 0.1) is 0 Å². The predicted molar refractivity (Wildman–Crippen MR) is 69.1 cm³/mol. The second-order valence-electron chi connectivity index (χ2n) is 6.57. The van der Waals surface area contributed by atoms with Crippen LogP contribution in [0.3, 0.4) is 0 Å². The van der Waals surface area contributed by atoms with E-state index < -0.39 is 8.32 Å². The summed E-state index contributed by atoms with van der Waals surface area (Å²) >= 11 is 0. The quantitative estimate of drug-likeness (QED) is 0.543. The van der Waals surface area contributed by atoms with E-state index in [1.54, 1.807) is 0 Å². The molecule has 1 fully saturated rings. The van der Waals surface area contributed by atoms with Gasteiger partial charge in [0.05, 0.1) is 18.3 Å². The lowest BCUT2D eigenvalue weighted by molar-refractivity contribution is -0.0362. The van der Waals surface area contributed by atoms with Crippen molar-refractivity contribution in [1.29, 1.82) is 0 Å². The molecule has 2 heterocycles. The minimum atomic E-state index is -1.61. The van der Waals surface area contributed by atoms with Crippen LogP contribution in [0.2, 0.25) is 18.1 Å². The number of rotatable bonds is 2. The molecule has 0 aliphatic carbocycles. The molecule has 2 unspecified atom stereocenters. The van der Waals surface area contributed by atoms with Crippen molar-refractivity contribution in [2.24, 2.45) is 0 Å². The molecule has 0 spiro atoms. The first-order valence-electron chi connectivity index (χ1n) is 6.29. The van der Waals surface area contributed by atoms with Crippen molar-refractivity contribution < 1.29 is 9.16 Å². The van der Waals surface area contributed by atoms with Gasteiger partial charge in [-0.05, 0) is 18.1 Å². The summed E-state index contributed by atoms with van der Waals surface area (Å²) in [6.07, 6.45) is 7.50. The second-order valence-corrected chi connectivity index (χ2v) is 11.3. The standard InChI is InChI=1S/C13H24O2Si/c1-13(2,3)16(4,5)15-12-8-10-6-7-11(9-12)14-10/h6-7,10-12H,8-9H2,1-5H3. The Morgan fingerprint density at radius 2 is 1.62 bits per heavy atom. The highest BCUT2D eigenvalue weighted by atomic mass is 28.4. The van der Waals surface area contributed by atoms with E-state index in [-0.39, 0.29) is 0 Å². The molecule has 2 aliphatic rings. The molecule has 2 bridgehead atoms. The van der Waals surface area contributed by atoms with E-state index in [1.807, 2.05) is 0 Å². The van der Waals surface area contributed by atoms with Gasteiger partial charge in [-0.25, -0.2) is 0 Å². The molecule has 0 amide bonds. The fourth-order valence-corrected chi connectivity index (χ4v) is 3.51. The lowest BCUT2D eigenvalue weighted by Gasteiger charge is -2.41.